The SMILES string of the molecule is Cc1ccccc1[C@H]1[C@@H]2CN(Cc3cnc(C)n3C)C[C@@H]2CN1C(=O)CN(C)C. The maximum absolute atomic E-state index is 13.1. The third-order valence-corrected chi connectivity index (χ3v) is 6.72. The Kier molecular flexibility index (Phi) is 5.49. The van der Waals surface area contributed by atoms with Crippen molar-refractivity contribution in [3.8, 4) is 0 Å². The van der Waals surface area contributed by atoms with Crippen LogP contribution >= 0.6 is 0 Å². The molecule has 0 saturated carbocycles. The van der Waals surface area contributed by atoms with Crippen LogP contribution in [0.15, 0.2) is 30.5 Å². The predicted octanol–water partition coefficient (Wildman–Crippen LogP) is 2.23. The number of aryl methyl sites for hydroxylation is 2. The van der Waals surface area contributed by atoms with Gasteiger partial charge in [0.05, 0.1) is 18.3 Å². The Morgan fingerprint density at radius 2 is 1.93 bits per heavy atom. The summed E-state index contributed by atoms with van der Waals surface area (Å²) in [6.45, 7) is 8.54. The first kappa shape index (κ1) is 20.1. The van der Waals surface area contributed by atoms with E-state index < -0.39 is 0 Å². The van der Waals surface area contributed by atoms with Gasteiger partial charge in [-0.2, -0.15) is 0 Å². The van der Waals surface area contributed by atoms with E-state index in [4.69, 9.17) is 0 Å². The molecule has 6 nitrogen and oxygen atoms in total. The molecule has 2 fully saturated rings. The molecule has 0 aliphatic carbocycles. The molecule has 156 valence electrons. The van der Waals surface area contributed by atoms with Crippen LogP contribution in [0.25, 0.3) is 0 Å². The van der Waals surface area contributed by atoms with Crippen LogP contribution in [-0.2, 0) is 18.4 Å². The van der Waals surface area contributed by atoms with Crippen molar-refractivity contribution in [2.45, 2.75) is 26.4 Å². The van der Waals surface area contributed by atoms with E-state index in [0.717, 1.165) is 32.0 Å². The van der Waals surface area contributed by atoms with Gasteiger partial charge in [-0.05, 0) is 45.0 Å². The predicted molar refractivity (Wildman–Crippen MR) is 114 cm³/mol. The molecular weight excluding hydrogens is 362 g/mol. The molecule has 2 aliphatic heterocycles. The Hall–Kier alpha value is -2.18. The molecule has 0 bridgehead atoms. The summed E-state index contributed by atoms with van der Waals surface area (Å²) < 4.78 is 2.18. The number of nitrogens with zero attached hydrogens (tertiary/aromatic N) is 5. The normalized spacial score (nSPS) is 24.5. The third kappa shape index (κ3) is 3.83. The van der Waals surface area contributed by atoms with Gasteiger partial charge in [-0.3, -0.25) is 9.69 Å². The van der Waals surface area contributed by atoms with Gasteiger partial charge >= 0.3 is 0 Å². The average Bonchev–Trinajstić information content (AvgIpc) is 3.30. The van der Waals surface area contributed by atoms with Gasteiger partial charge in [-0.15, -0.1) is 0 Å². The molecule has 1 aromatic carbocycles. The molecule has 3 heterocycles. The summed E-state index contributed by atoms with van der Waals surface area (Å²) in [5.41, 5.74) is 3.85. The summed E-state index contributed by atoms with van der Waals surface area (Å²) in [5, 5.41) is 0. The number of hydrogen-bond acceptors (Lipinski definition) is 4. The average molecular weight is 396 g/mol. The summed E-state index contributed by atoms with van der Waals surface area (Å²) in [4.78, 5) is 24.2. The first-order valence-electron chi connectivity index (χ1n) is 10.5. The van der Waals surface area contributed by atoms with Crippen molar-refractivity contribution in [3.05, 3.63) is 53.1 Å². The molecule has 1 amide bonds. The molecule has 2 aromatic rings. The summed E-state index contributed by atoms with van der Waals surface area (Å²) in [5.74, 6) is 2.31. The maximum Gasteiger partial charge on any atom is 0.237 e. The van der Waals surface area contributed by atoms with Crippen molar-refractivity contribution >= 4 is 5.91 Å². The molecule has 0 N–H and O–H groups in total. The van der Waals surface area contributed by atoms with Gasteiger partial charge in [-0.25, -0.2) is 4.98 Å². The van der Waals surface area contributed by atoms with Crippen molar-refractivity contribution in [2.75, 3.05) is 40.3 Å². The van der Waals surface area contributed by atoms with Crippen LogP contribution in [0.2, 0.25) is 0 Å². The van der Waals surface area contributed by atoms with Gasteiger partial charge < -0.3 is 14.4 Å². The number of imidazole rings is 1. The maximum atomic E-state index is 13.1. The Bertz CT molecular complexity index is 889. The number of amides is 1. The highest BCUT2D eigenvalue weighted by Crippen LogP contribution is 2.46. The number of aromatic nitrogens is 2. The molecule has 0 spiro atoms. The molecule has 0 radical (unpaired) electrons. The van der Waals surface area contributed by atoms with Gasteiger partial charge in [-0.1, -0.05) is 24.3 Å². The van der Waals surface area contributed by atoms with Crippen LogP contribution in [0.1, 0.15) is 28.7 Å². The largest absolute Gasteiger partial charge is 0.334 e. The van der Waals surface area contributed by atoms with E-state index in [2.05, 4.69) is 57.6 Å². The van der Waals surface area contributed by atoms with Gasteiger partial charge in [0.15, 0.2) is 0 Å². The molecule has 3 atom stereocenters. The smallest absolute Gasteiger partial charge is 0.237 e. The number of likely N-dealkylation sites (N-methyl/N-ethyl adjacent to an activating group) is 1. The van der Waals surface area contributed by atoms with Crippen molar-refractivity contribution in [1.29, 1.82) is 0 Å². The van der Waals surface area contributed by atoms with Gasteiger partial charge in [0.2, 0.25) is 5.91 Å². The lowest BCUT2D eigenvalue weighted by Gasteiger charge is -2.31. The minimum atomic E-state index is 0.173. The molecule has 0 unspecified atom stereocenters. The number of carbonyl (C=O) groups is 1. The van der Waals surface area contributed by atoms with E-state index in [0.29, 0.717) is 18.4 Å². The lowest BCUT2D eigenvalue weighted by Crippen LogP contribution is -2.40. The fourth-order valence-electron chi connectivity index (χ4n) is 5.13. The molecule has 29 heavy (non-hydrogen) atoms. The van der Waals surface area contributed by atoms with E-state index in [1.807, 2.05) is 32.1 Å². The van der Waals surface area contributed by atoms with E-state index in [9.17, 15) is 4.79 Å². The minimum Gasteiger partial charge on any atom is -0.334 e. The molecular formula is C23H33N5O. The second kappa shape index (κ2) is 7.92. The van der Waals surface area contributed by atoms with Gasteiger partial charge in [0.25, 0.3) is 0 Å². The summed E-state index contributed by atoms with van der Waals surface area (Å²) in [6.07, 6.45) is 2.00. The zero-order chi connectivity index (χ0) is 20.7. The molecule has 6 heteroatoms. The van der Waals surface area contributed by atoms with E-state index >= 15 is 0 Å². The summed E-state index contributed by atoms with van der Waals surface area (Å²) in [6, 6.07) is 8.75. The van der Waals surface area contributed by atoms with Crippen molar-refractivity contribution in [2.24, 2.45) is 18.9 Å². The van der Waals surface area contributed by atoms with Crippen molar-refractivity contribution < 1.29 is 4.79 Å². The van der Waals surface area contributed by atoms with Crippen LogP contribution in [0.4, 0.5) is 0 Å². The Morgan fingerprint density at radius 3 is 2.59 bits per heavy atom. The fraction of sp³-hybridized carbons (Fsp3) is 0.565. The number of carbonyl (C=O) groups excluding carboxylic acids is 1. The van der Waals surface area contributed by atoms with Crippen LogP contribution in [0.5, 0.6) is 0 Å². The van der Waals surface area contributed by atoms with Crippen LogP contribution in [0.3, 0.4) is 0 Å². The van der Waals surface area contributed by atoms with Crippen LogP contribution < -0.4 is 0 Å². The highest BCUT2D eigenvalue weighted by Gasteiger charge is 2.49. The number of likely N-dealkylation sites (tertiary alicyclic amines) is 2. The highest BCUT2D eigenvalue weighted by atomic mass is 16.2. The highest BCUT2D eigenvalue weighted by molar-refractivity contribution is 5.79. The lowest BCUT2D eigenvalue weighted by atomic mass is 9.87. The first-order valence-corrected chi connectivity index (χ1v) is 10.5. The van der Waals surface area contributed by atoms with Crippen LogP contribution in [0, 0.1) is 25.7 Å². The van der Waals surface area contributed by atoms with Crippen LogP contribution in [-0.4, -0.2) is 70.4 Å². The number of fused-ring (bicyclic) bond motifs is 1. The fourth-order valence-corrected chi connectivity index (χ4v) is 5.13. The topological polar surface area (TPSA) is 44.6 Å². The molecule has 2 saturated heterocycles. The third-order valence-electron chi connectivity index (χ3n) is 6.72. The molecule has 4 rings (SSSR count). The molecule has 2 aliphatic rings. The van der Waals surface area contributed by atoms with Gasteiger partial charge in [0, 0.05) is 45.3 Å². The standard InChI is InChI=1S/C23H33N5O/c1-16-8-6-7-9-20(16)23-21-14-27(13-19-10-24-17(2)26(19)5)11-18(21)12-28(23)22(29)15-25(3)4/h6-10,18,21,23H,11-15H2,1-5H3/t18-,21-,23+/m1/s1. The quantitative estimate of drug-likeness (QED) is 0.779. The van der Waals surface area contributed by atoms with Crippen molar-refractivity contribution in [3.63, 3.8) is 0 Å². The Labute approximate surface area is 174 Å². The Morgan fingerprint density at radius 1 is 1.17 bits per heavy atom. The number of benzene rings is 1. The zero-order valence-electron chi connectivity index (χ0n) is 18.3. The second-order valence-electron chi connectivity index (χ2n) is 9.06. The van der Waals surface area contributed by atoms with Crippen molar-refractivity contribution in [1.82, 2.24) is 24.3 Å². The Balaban J connectivity index is 1.57. The first-order chi connectivity index (χ1) is 13.8. The zero-order valence-corrected chi connectivity index (χ0v) is 18.3. The number of rotatable bonds is 5. The minimum absolute atomic E-state index is 0.173. The molecule has 1 aromatic heterocycles. The summed E-state index contributed by atoms with van der Waals surface area (Å²) in [7, 11) is 6.02. The lowest BCUT2D eigenvalue weighted by molar-refractivity contribution is -0.133. The van der Waals surface area contributed by atoms with E-state index in [1.54, 1.807) is 0 Å². The van der Waals surface area contributed by atoms with E-state index in [1.165, 1.54) is 16.8 Å². The van der Waals surface area contributed by atoms with Gasteiger partial charge in [0.1, 0.15) is 5.82 Å². The van der Waals surface area contributed by atoms with E-state index in [-0.39, 0.29) is 11.9 Å². The monoisotopic (exact) mass is 395 g/mol. The number of hydrogen-bond donors (Lipinski definition) is 0. The summed E-state index contributed by atoms with van der Waals surface area (Å²) >= 11 is 0. The second-order valence-corrected chi connectivity index (χ2v) is 9.06.